The van der Waals surface area contributed by atoms with Crippen molar-refractivity contribution in [2.75, 3.05) is 51.7 Å². The van der Waals surface area contributed by atoms with Gasteiger partial charge in [0.1, 0.15) is 4.90 Å². The number of hydrogen-bond acceptors (Lipinski definition) is 5. The predicted octanol–water partition coefficient (Wildman–Crippen LogP) is 0.640. The Balaban J connectivity index is 2.24. The SMILES string of the molecule is C=CCN1CCN(c2ccncc2S(=O)(=O)N(C)C)CC1. The van der Waals surface area contributed by atoms with Crippen LogP contribution in [-0.4, -0.2) is 69.4 Å². The van der Waals surface area contributed by atoms with Gasteiger partial charge in [0.15, 0.2) is 0 Å². The lowest BCUT2D eigenvalue weighted by Gasteiger charge is -2.36. The zero-order valence-electron chi connectivity index (χ0n) is 12.6. The van der Waals surface area contributed by atoms with Crippen molar-refractivity contribution in [1.82, 2.24) is 14.2 Å². The summed E-state index contributed by atoms with van der Waals surface area (Å²) in [7, 11) is -0.410. The van der Waals surface area contributed by atoms with Crippen LogP contribution < -0.4 is 4.90 Å². The number of sulfonamides is 1. The van der Waals surface area contributed by atoms with Crippen molar-refractivity contribution < 1.29 is 8.42 Å². The second kappa shape index (κ2) is 6.55. The molecule has 2 rings (SSSR count). The Morgan fingerprint density at radius 1 is 1.33 bits per heavy atom. The molecule has 0 bridgehead atoms. The van der Waals surface area contributed by atoms with Crippen LogP contribution in [0.1, 0.15) is 0 Å². The van der Waals surface area contributed by atoms with Gasteiger partial charge in [0.2, 0.25) is 10.0 Å². The fourth-order valence-corrected chi connectivity index (χ4v) is 3.43. The summed E-state index contributed by atoms with van der Waals surface area (Å²) in [5.41, 5.74) is 0.733. The first kappa shape index (κ1) is 15.9. The van der Waals surface area contributed by atoms with Gasteiger partial charge in [-0.05, 0) is 6.07 Å². The van der Waals surface area contributed by atoms with Gasteiger partial charge in [0, 0.05) is 59.2 Å². The highest BCUT2D eigenvalue weighted by molar-refractivity contribution is 7.89. The highest BCUT2D eigenvalue weighted by Gasteiger charge is 2.26. The Bertz CT molecular complexity index is 593. The molecule has 0 N–H and O–H groups in total. The first-order valence-corrected chi connectivity index (χ1v) is 8.35. The highest BCUT2D eigenvalue weighted by atomic mass is 32.2. The number of pyridine rings is 1. The van der Waals surface area contributed by atoms with E-state index >= 15 is 0 Å². The number of hydrogen-bond donors (Lipinski definition) is 0. The van der Waals surface area contributed by atoms with Gasteiger partial charge in [-0.25, -0.2) is 12.7 Å². The lowest BCUT2D eigenvalue weighted by Crippen LogP contribution is -2.46. The summed E-state index contributed by atoms with van der Waals surface area (Å²) in [6.45, 7) is 8.01. The second-order valence-electron chi connectivity index (χ2n) is 5.21. The molecule has 0 radical (unpaired) electrons. The van der Waals surface area contributed by atoms with Crippen LogP contribution in [0.3, 0.4) is 0 Å². The largest absolute Gasteiger partial charge is 0.368 e. The van der Waals surface area contributed by atoms with Gasteiger partial charge in [-0.15, -0.1) is 6.58 Å². The topological polar surface area (TPSA) is 56.8 Å². The molecule has 0 amide bonds. The average molecular weight is 310 g/mol. The van der Waals surface area contributed by atoms with Crippen LogP contribution in [-0.2, 0) is 10.0 Å². The molecular formula is C14H22N4O2S. The normalized spacial score (nSPS) is 17.2. The van der Waals surface area contributed by atoms with Crippen LogP contribution in [0.5, 0.6) is 0 Å². The summed E-state index contributed by atoms with van der Waals surface area (Å²) in [6.07, 6.45) is 4.96. The second-order valence-corrected chi connectivity index (χ2v) is 7.33. The Hall–Kier alpha value is -1.44. The monoisotopic (exact) mass is 310 g/mol. The van der Waals surface area contributed by atoms with Crippen molar-refractivity contribution in [3.05, 3.63) is 31.1 Å². The molecule has 1 aromatic rings. The molecule has 0 atom stereocenters. The number of aromatic nitrogens is 1. The van der Waals surface area contributed by atoms with Crippen LogP contribution in [0, 0.1) is 0 Å². The maximum atomic E-state index is 12.4. The standard InChI is InChI=1S/C14H22N4O2S/c1-4-7-17-8-10-18(11-9-17)13-5-6-15-12-14(13)21(19,20)16(2)3/h4-6,12H,1,7-11H2,2-3H3. The van der Waals surface area contributed by atoms with Gasteiger partial charge in [-0.3, -0.25) is 9.88 Å². The summed E-state index contributed by atoms with van der Waals surface area (Å²) in [4.78, 5) is 8.65. The van der Waals surface area contributed by atoms with E-state index in [9.17, 15) is 8.42 Å². The number of anilines is 1. The molecule has 1 aromatic heterocycles. The van der Waals surface area contributed by atoms with E-state index in [-0.39, 0.29) is 4.90 Å². The van der Waals surface area contributed by atoms with E-state index in [0.29, 0.717) is 0 Å². The van der Waals surface area contributed by atoms with E-state index in [2.05, 4.69) is 21.4 Å². The van der Waals surface area contributed by atoms with Crippen molar-refractivity contribution in [2.24, 2.45) is 0 Å². The van der Waals surface area contributed by atoms with E-state index in [1.54, 1.807) is 12.3 Å². The Kier molecular flexibility index (Phi) is 4.97. The Labute approximate surface area is 126 Å². The molecule has 116 valence electrons. The van der Waals surface area contributed by atoms with Crippen molar-refractivity contribution in [2.45, 2.75) is 4.90 Å². The molecule has 0 aliphatic carbocycles. The number of rotatable bonds is 5. The molecule has 21 heavy (non-hydrogen) atoms. The van der Waals surface area contributed by atoms with Crippen LogP contribution in [0.15, 0.2) is 36.0 Å². The van der Waals surface area contributed by atoms with Crippen molar-refractivity contribution in [3.63, 3.8) is 0 Å². The summed E-state index contributed by atoms with van der Waals surface area (Å²) in [5.74, 6) is 0. The summed E-state index contributed by atoms with van der Waals surface area (Å²) < 4.78 is 26.0. The molecule has 1 aliphatic rings. The van der Waals surface area contributed by atoms with Crippen LogP contribution in [0.25, 0.3) is 0 Å². The molecular weight excluding hydrogens is 288 g/mol. The van der Waals surface area contributed by atoms with Crippen LogP contribution >= 0.6 is 0 Å². The third-order valence-electron chi connectivity index (χ3n) is 3.62. The quantitative estimate of drug-likeness (QED) is 0.747. The molecule has 1 aliphatic heterocycles. The first-order valence-electron chi connectivity index (χ1n) is 6.91. The van der Waals surface area contributed by atoms with E-state index in [1.165, 1.54) is 24.6 Å². The zero-order valence-corrected chi connectivity index (χ0v) is 13.4. The number of piperazine rings is 1. The highest BCUT2D eigenvalue weighted by Crippen LogP contribution is 2.26. The smallest absolute Gasteiger partial charge is 0.246 e. The lowest BCUT2D eigenvalue weighted by molar-refractivity contribution is 0.283. The molecule has 1 fully saturated rings. The molecule has 0 unspecified atom stereocenters. The van der Waals surface area contributed by atoms with Gasteiger partial charge in [-0.2, -0.15) is 0 Å². The molecule has 2 heterocycles. The van der Waals surface area contributed by atoms with E-state index in [1.807, 2.05) is 6.08 Å². The minimum Gasteiger partial charge on any atom is -0.368 e. The van der Waals surface area contributed by atoms with Gasteiger partial charge < -0.3 is 4.90 Å². The van der Waals surface area contributed by atoms with E-state index in [0.717, 1.165) is 38.4 Å². The molecule has 7 heteroatoms. The van der Waals surface area contributed by atoms with Crippen LogP contribution in [0.2, 0.25) is 0 Å². The van der Waals surface area contributed by atoms with Crippen LogP contribution in [0.4, 0.5) is 5.69 Å². The maximum Gasteiger partial charge on any atom is 0.246 e. The third kappa shape index (κ3) is 3.42. The van der Waals surface area contributed by atoms with Crippen molar-refractivity contribution in [1.29, 1.82) is 0 Å². The Morgan fingerprint density at radius 3 is 2.57 bits per heavy atom. The molecule has 6 nitrogen and oxygen atoms in total. The van der Waals surface area contributed by atoms with E-state index < -0.39 is 10.0 Å². The van der Waals surface area contributed by atoms with Crippen molar-refractivity contribution >= 4 is 15.7 Å². The third-order valence-corrected chi connectivity index (χ3v) is 5.45. The Morgan fingerprint density at radius 2 is 2.00 bits per heavy atom. The molecule has 1 saturated heterocycles. The fourth-order valence-electron chi connectivity index (χ4n) is 2.38. The number of nitrogens with zero attached hydrogens (tertiary/aromatic N) is 4. The predicted molar refractivity (Wildman–Crippen MR) is 84.0 cm³/mol. The summed E-state index contributed by atoms with van der Waals surface area (Å²) >= 11 is 0. The lowest BCUT2D eigenvalue weighted by atomic mass is 10.2. The fraction of sp³-hybridized carbons (Fsp3) is 0.500. The molecule has 0 saturated carbocycles. The first-order chi connectivity index (χ1) is 9.96. The van der Waals surface area contributed by atoms with E-state index in [4.69, 9.17) is 0 Å². The van der Waals surface area contributed by atoms with Gasteiger partial charge >= 0.3 is 0 Å². The maximum absolute atomic E-state index is 12.4. The van der Waals surface area contributed by atoms with Crippen molar-refractivity contribution in [3.8, 4) is 0 Å². The van der Waals surface area contributed by atoms with Gasteiger partial charge in [0.25, 0.3) is 0 Å². The summed E-state index contributed by atoms with van der Waals surface area (Å²) in [5, 5.41) is 0. The molecule has 0 aromatic carbocycles. The minimum atomic E-state index is -3.48. The zero-order chi connectivity index (χ0) is 15.5. The summed E-state index contributed by atoms with van der Waals surface area (Å²) in [6, 6.07) is 1.78. The minimum absolute atomic E-state index is 0.271. The van der Waals surface area contributed by atoms with Gasteiger partial charge in [-0.1, -0.05) is 6.08 Å². The average Bonchev–Trinajstić information content (AvgIpc) is 2.48. The van der Waals surface area contributed by atoms with Gasteiger partial charge in [0.05, 0.1) is 5.69 Å². The molecule has 0 spiro atoms.